The van der Waals surface area contributed by atoms with Gasteiger partial charge in [-0.25, -0.2) is 0 Å². The van der Waals surface area contributed by atoms with E-state index in [0.29, 0.717) is 10.0 Å². The normalized spacial score (nSPS) is 12.7. The maximum Gasteiger partial charge on any atom is 0.471 e. The number of carbonyl (C=O) groups is 1. The van der Waals surface area contributed by atoms with Crippen LogP contribution in [0.2, 0.25) is 0 Å². The summed E-state index contributed by atoms with van der Waals surface area (Å²) in [4.78, 5) is 12.4. The largest absolute Gasteiger partial charge is 0.471 e. The standard InChI is InChI=1S/C27H20BrF3NOP/c28-21-12-10-11-20(19-21)25(32-26(33)27(29,30)31)34(22-13-4-1-5-14-22,23-15-6-2-7-16-23)24-17-8-3-9-18-24/h1-19,25H/p+1. The summed E-state index contributed by atoms with van der Waals surface area (Å²) in [7, 11) is -2.88. The number of rotatable bonds is 6. The minimum Gasteiger partial charge on any atom is -0.309 e. The molecule has 34 heavy (non-hydrogen) atoms. The molecule has 1 amide bonds. The predicted molar refractivity (Wildman–Crippen MR) is 136 cm³/mol. The number of nitrogens with one attached hydrogen (secondary N) is 1. The Hall–Kier alpha value is -2.95. The van der Waals surface area contributed by atoms with Gasteiger partial charge in [-0.2, -0.15) is 13.2 Å². The number of alkyl halides is 3. The van der Waals surface area contributed by atoms with Gasteiger partial charge in [-0.3, -0.25) is 4.79 Å². The molecule has 2 nitrogen and oxygen atoms in total. The van der Waals surface area contributed by atoms with Crippen LogP contribution in [0.1, 0.15) is 11.3 Å². The number of amides is 1. The minimum atomic E-state index is -5.02. The second kappa shape index (κ2) is 10.1. The second-order valence-electron chi connectivity index (χ2n) is 7.66. The molecule has 0 heterocycles. The summed E-state index contributed by atoms with van der Waals surface area (Å²) in [5, 5.41) is 4.98. The van der Waals surface area contributed by atoms with E-state index >= 15 is 0 Å². The van der Waals surface area contributed by atoms with Gasteiger partial charge in [0.15, 0.2) is 5.78 Å². The maximum absolute atomic E-state index is 13.6. The molecule has 1 atom stereocenters. The third-order valence-electron chi connectivity index (χ3n) is 5.57. The van der Waals surface area contributed by atoms with Gasteiger partial charge in [-0.15, -0.1) is 0 Å². The summed E-state index contributed by atoms with van der Waals surface area (Å²) >= 11 is 3.45. The van der Waals surface area contributed by atoms with E-state index < -0.39 is 25.1 Å². The van der Waals surface area contributed by atoms with Gasteiger partial charge >= 0.3 is 12.1 Å². The van der Waals surface area contributed by atoms with E-state index in [2.05, 4.69) is 21.2 Å². The van der Waals surface area contributed by atoms with E-state index in [9.17, 15) is 18.0 Å². The Morgan fingerprint density at radius 3 is 1.53 bits per heavy atom. The van der Waals surface area contributed by atoms with E-state index in [1.165, 1.54) is 0 Å². The van der Waals surface area contributed by atoms with Crippen molar-refractivity contribution in [2.75, 3.05) is 0 Å². The fraction of sp³-hybridized carbons (Fsp3) is 0.0741. The van der Waals surface area contributed by atoms with Gasteiger partial charge in [0.25, 0.3) is 0 Å². The molecule has 0 aliphatic rings. The van der Waals surface area contributed by atoms with Crippen molar-refractivity contribution in [1.82, 2.24) is 5.32 Å². The van der Waals surface area contributed by atoms with E-state index in [0.717, 1.165) is 15.9 Å². The van der Waals surface area contributed by atoms with E-state index in [1.54, 1.807) is 24.3 Å². The molecule has 0 aliphatic heterocycles. The lowest BCUT2D eigenvalue weighted by molar-refractivity contribution is -0.173. The molecule has 4 aromatic rings. The molecule has 0 fully saturated rings. The fourth-order valence-corrected chi connectivity index (χ4v) is 9.22. The van der Waals surface area contributed by atoms with Gasteiger partial charge < -0.3 is 5.32 Å². The lowest BCUT2D eigenvalue weighted by Crippen LogP contribution is -2.46. The van der Waals surface area contributed by atoms with E-state index in [1.807, 2.05) is 91.0 Å². The summed E-state index contributed by atoms with van der Waals surface area (Å²) in [6.07, 6.45) is -5.02. The molecule has 0 radical (unpaired) electrons. The van der Waals surface area contributed by atoms with Gasteiger partial charge in [-0.05, 0) is 48.5 Å². The number of benzene rings is 4. The minimum absolute atomic E-state index is 0.580. The van der Waals surface area contributed by atoms with Crippen LogP contribution < -0.4 is 21.2 Å². The summed E-state index contributed by atoms with van der Waals surface area (Å²) in [6.45, 7) is 0. The highest BCUT2D eigenvalue weighted by Crippen LogP contribution is 2.65. The van der Waals surface area contributed by atoms with Crippen LogP contribution in [-0.2, 0) is 4.79 Å². The van der Waals surface area contributed by atoms with Crippen LogP contribution in [-0.4, -0.2) is 12.1 Å². The van der Waals surface area contributed by atoms with Crippen molar-refractivity contribution in [3.05, 3.63) is 125 Å². The number of hydrogen-bond acceptors (Lipinski definition) is 1. The Morgan fingerprint density at radius 1 is 0.706 bits per heavy atom. The number of carbonyl (C=O) groups excluding carboxylic acids is 1. The SMILES string of the molecule is O=C(NC(c1cccc(Br)c1)[P+](c1ccccc1)(c1ccccc1)c1ccccc1)C(F)(F)F. The molecule has 1 unspecified atom stereocenters. The predicted octanol–water partition coefficient (Wildman–Crippen LogP) is 6.12. The van der Waals surface area contributed by atoms with Crippen molar-refractivity contribution in [3.8, 4) is 0 Å². The zero-order chi connectivity index (χ0) is 24.2. The summed E-state index contributed by atoms with van der Waals surface area (Å²) < 4.78 is 41.5. The molecule has 0 aliphatic carbocycles. The van der Waals surface area contributed by atoms with Crippen molar-refractivity contribution in [2.24, 2.45) is 0 Å². The van der Waals surface area contributed by atoms with Crippen LogP contribution in [0.25, 0.3) is 0 Å². The average molecular weight is 543 g/mol. The maximum atomic E-state index is 13.6. The Kier molecular flexibility index (Phi) is 7.20. The molecule has 0 bridgehead atoms. The van der Waals surface area contributed by atoms with Crippen molar-refractivity contribution in [3.63, 3.8) is 0 Å². The Labute approximate surface area is 205 Å². The lowest BCUT2D eigenvalue weighted by atomic mass is 10.2. The molecule has 1 N–H and O–H groups in total. The number of halogens is 4. The van der Waals surface area contributed by atoms with Crippen molar-refractivity contribution >= 4 is 45.0 Å². The first kappa shape index (κ1) is 24.2. The van der Waals surface area contributed by atoms with Gasteiger partial charge in [0.1, 0.15) is 23.2 Å². The average Bonchev–Trinajstić information content (AvgIpc) is 2.85. The molecule has 0 saturated heterocycles. The van der Waals surface area contributed by atoms with Crippen molar-refractivity contribution < 1.29 is 18.0 Å². The van der Waals surface area contributed by atoms with Gasteiger partial charge in [0, 0.05) is 10.0 Å². The monoisotopic (exact) mass is 542 g/mol. The van der Waals surface area contributed by atoms with Crippen LogP contribution in [0.15, 0.2) is 120 Å². The number of hydrogen-bond donors (Lipinski definition) is 1. The van der Waals surface area contributed by atoms with Crippen LogP contribution in [0.4, 0.5) is 13.2 Å². The van der Waals surface area contributed by atoms with Crippen LogP contribution in [0, 0.1) is 0 Å². The first-order valence-electron chi connectivity index (χ1n) is 10.5. The second-order valence-corrected chi connectivity index (χ2v) is 12.1. The summed E-state index contributed by atoms with van der Waals surface area (Å²) in [5.74, 6) is -2.93. The highest BCUT2D eigenvalue weighted by atomic mass is 79.9. The summed E-state index contributed by atoms with van der Waals surface area (Å²) in [5.41, 5.74) is 0.580. The molecule has 172 valence electrons. The highest BCUT2D eigenvalue weighted by molar-refractivity contribution is 9.10. The topological polar surface area (TPSA) is 29.1 Å². The quantitative estimate of drug-likeness (QED) is 0.292. The Balaban J connectivity index is 2.11. The Bertz CT molecular complexity index is 1150. The van der Waals surface area contributed by atoms with Crippen LogP contribution in [0.5, 0.6) is 0 Å². The van der Waals surface area contributed by atoms with Crippen molar-refractivity contribution in [2.45, 2.75) is 12.0 Å². The zero-order valence-corrected chi connectivity index (χ0v) is 20.4. The third kappa shape index (κ3) is 4.79. The molecular formula is C27H21BrF3NOP+. The van der Waals surface area contributed by atoms with Crippen LogP contribution >= 0.6 is 23.2 Å². The highest BCUT2D eigenvalue weighted by Gasteiger charge is 2.56. The van der Waals surface area contributed by atoms with Crippen LogP contribution in [0.3, 0.4) is 0 Å². The Morgan fingerprint density at radius 2 is 1.15 bits per heavy atom. The first-order chi connectivity index (χ1) is 16.3. The molecular weight excluding hydrogens is 522 g/mol. The lowest BCUT2D eigenvalue weighted by Gasteiger charge is -2.35. The molecule has 7 heteroatoms. The molecule has 4 aromatic carbocycles. The zero-order valence-electron chi connectivity index (χ0n) is 17.9. The summed E-state index contributed by atoms with van der Waals surface area (Å²) in [6, 6.07) is 35.5. The molecule has 0 spiro atoms. The van der Waals surface area contributed by atoms with Gasteiger partial charge in [0.2, 0.25) is 0 Å². The van der Waals surface area contributed by atoms with Crippen molar-refractivity contribution in [1.29, 1.82) is 0 Å². The smallest absolute Gasteiger partial charge is 0.309 e. The van der Waals surface area contributed by atoms with Gasteiger partial charge in [-0.1, -0.05) is 82.7 Å². The van der Waals surface area contributed by atoms with E-state index in [4.69, 9.17) is 0 Å². The van der Waals surface area contributed by atoms with Gasteiger partial charge in [0.05, 0.1) is 0 Å². The first-order valence-corrected chi connectivity index (χ1v) is 13.2. The molecule has 0 aromatic heterocycles. The molecule has 4 rings (SSSR count). The third-order valence-corrected chi connectivity index (χ3v) is 10.6. The molecule has 0 saturated carbocycles. The fourth-order valence-electron chi connectivity index (χ4n) is 4.17. The van der Waals surface area contributed by atoms with E-state index in [-0.39, 0.29) is 0 Å².